The molecule has 0 aliphatic carbocycles. The third kappa shape index (κ3) is 3.91. The van der Waals surface area contributed by atoms with E-state index in [1.165, 1.54) is 0 Å². The number of benzene rings is 2. The molecule has 1 heterocycles. The molecule has 0 spiro atoms. The van der Waals surface area contributed by atoms with Gasteiger partial charge in [-0.25, -0.2) is 13.8 Å². The highest BCUT2D eigenvalue weighted by Gasteiger charge is 2.18. The van der Waals surface area contributed by atoms with Crippen LogP contribution in [0, 0.1) is 11.6 Å². The second kappa shape index (κ2) is 7.85. The van der Waals surface area contributed by atoms with Crippen LogP contribution in [0.1, 0.15) is 37.2 Å². The topological polar surface area (TPSA) is 98.2 Å². The Balaban J connectivity index is 2.27. The largest absolute Gasteiger partial charge is 0.481 e. The molecule has 3 N–H and O–H groups in total. The van der Waals surface area contributed by atoms with E-state index in [1.807, 2.05) is 0 Å². The minimum atomic E-state index is -0.926. The fourth-order valence-corrected chi connectivity index (χ4v) is 3.18. The highest BCUT2D eigenvalue weighted by Crippen LogP contribution is 2.21. The lowest BCUT2D eigenvalue weighted by molar-refractivity contribution is -0.137. The summed E-state index contributed by atoms with van der Waals surface area (Å²) in [5.74, 6) is -2.41. The first-order chi connectivity index (χ1) is 13.3. The Morgan fingerprint density at radius 3 is 2.54 bits per heavy atom. The molecule has 0 amide bonds. The van der Waals surface area contributed by atoms with Crippen LogP contribution in [0.5, 0.6) is 0 Å². The van der Waals surface area contributed by atoms with E-state index in [0.717, 1.165) is 16.7 Å². The second-order valence-electron chi connectivity index (χ2n) is 6.59. The number of hydrogen-bond donors (Lipinski definition) is 2. The highest BCUT2D eigenvalue weighted by atomic mass is 19.1. The lowest BCUT2D eigenvalue weighted by atomic mass is 10.0. The maximum absolute atomic E-state index is 13.8. The second-order valence-corrected chi connectivity index (χ2v) is 6.59. The van der Waals surface area contributed by atoms with Gasteiger partial charge in [-0.3, -0.25) is 14.2 Å². The van der Waals surface area contributed by atoms with Gasteiger partial charge >= 0.3 is 5.97 Å². The minimum Gasteiger partial charge on any atom is -0.481 e. The summed E-state index contributed by atoms with van der Waals surface area (Å²) < 4.78 is 28.6. The molecule has 0 fully saturated rings. The molecule has 3 aromatic rings. The molecule has 1 aromatic heterocycles. The Morgan fingerprint density at radius 2 is 1.93 bits per heavy atom. The number of rotatable bonds is 6. The molecule has 3 rings (SSSR count). The number of carbonyl (C=O) groups is 1. The fraction of sp³-hybridized carbons (Fsp3) is 0.250. The van der Waals surface area contributed by atoms with E-state index in [4.69, 9.17) is 10.8 Å². The standard InChI is InChI=1S/C20H19F2N3O3/c1-11(23)19-24-16-6-2-4-12(5-3-7-17(26)27)18(16)20(28)25(19)15-9-13(21)8-14(22)10-15/h2,4,6,8-11H,3,5,7,23H2,1H3,(H,26,27)/t11-/m0/s1. The third-order valence-corrected chi connectivity index (χ3v) is 4.36. The lowest BCUT2D eigenvalue weighted by Gasteiger charge is -2.17. The first-order valence-electron chi connectivity index (χ1n) is 8.76. The van der Waals surface area contributed by atoms with Crippen LogP contribution < -0.4 is 11.3 Å². The molecule has 0 aliphatic heterocycles. The van der Waals surface area contributed by atoms with Crippen LogP contribution in [0.3, 0.4) is 0 Å². The Labute approximate surface area is 159 Å². The van der Waals surface area contributed by atoms with Crippen molar-refractivity contribution in [3.63, 3.8) is 0 Å². The number of fused-ring (bicyclic) bond motifs is 1. The van der Waals surface area contributed by atoms with E-state index in [9.17, 15) is 18.4 Å². The number of carboxylic acids is 1. The molecule has 2 aromatic carbocycles. The Kier molecular flexibility index (Phi) is 5.51. The van der Waals surface area contributed by atoms with Crippen LogP contribution in [0.15, 0.2) is 41.2 Å². The zero-order valence-electron chi connectivity index (χ0n) is 15.2. The van der Waals surface area contributed by atoms with Gasteiger partial charge in [-0.1, -0.05) is 12.1 Å². The van der Waals surface area contributed by atoms with Crippen LogP contribution in [-0.2, 0) is 11.2 Å². The molecule has 0 unspecified atom stereocenters. The van der Waals surface area contributed by atoms with Gasteiger partial charge in [-0.2, -0.15) is 0 Å². The number of aliphatic carboxylic acids is 1. The van der Waals surface area contributed by atoms with E-state index in [2.05, 4.69) is 4.98 Å². The maximum atomic E-state index is 13.8. The van der Waals surface area contributed by atoms with Gasteiger partial charge in [-0.15, -0.1) is 0 Å². The molecule has 0 radical (unpaired) electrons. The van der Waals surface area contributed by atoms with Crippen molar-refractivity contribution in [3.05, 3.63) is 69.8 Å². The van der Waals surface area contributed by atoms with Gasteiger partial charge in [-0.05, 0) is 43.5 Å². The average Bonchev–Trinajstić information content (AvgIpc) is 2.60. The number of hydrogen-bond acceptors (Lipinski definition) is 4. The lowest BCUT2D eigenvalue weighted by Crippen LogP contribution is -2.28. The maximum Gasteiger partial charge on any atom is 0.303 e. The molecule has 0 saturated carbocycles. The van der Waals surface area contributed by atoms with Crippen LogP contribution in [0.4, 0.5) is 8.78 Å². The number of aromatic nitrogens is 2. The summed E-state index contributed by atoms with van der Waals surface area (Å²) >= 11 is 0. The predicted octanol–water partition coefficient (Wildman–Crippen LogP) is 3.09. The molecule has 146 valence electrons. The summed E-state index contributed by atoms with van der Waals surface area (Å²) in [6.07, 6.45) is 0.665. The van der Waals surface area contributed by atoms with Gasteiger partial charge in [0.05, 0.1) is 22.6 Å². The normalized spacial score (nSPS) is 12.3. The summed E-state index contributed by atoms with van der Waals surface area (Å²) in [6, 6.07) is 7.22. The SMILES string of the molecule is C[C@H](N)c1nc2cccc(CCCC(=O)O)c2c(=O)n1-c1cc(F)cc(F)c1. The van der Waals surface area contributed by atoms with E-state index in [0.29, 0.717) is 30.0 Å². The predicted molar refractivity (Wildman–Crippen MR) is 100 cm³/mol. The zero-order chi connectivity index (χ0) is 20.4. The highest BCUT2D eigenvalue weighted by molar-refractivity contribution is 5.82. The average molecular weight is 387 g/mol. The van der Waals surface area contributed by atoms with Crippen molar-refractivity contribution in [2.75, 3.05) is 0 Å². The molecule has 0 saturated heterocycles. The van der Waals surface area contributed by atoms with Gasteiger partial charge in [0.2, 0.25) is 0 Å². The summed E-state index contributed by atoms with van der Waals surface area (Å²) in [6.45, 7) is 1.62. The van der Waals surface area contributed by atoms with Gasteiger partial charge in [0, 0.05) is 12.5 Å². The van der Waals surface area contributed by atoms with Crippen molar-refractivity contribution in [1.82, 2.24) is 9.55 Å². The molecule has 0 aliphatic rings. The smallest absolute Gasteiger partial charge is 0.303 e. The van der Waals surface area contributed by atoms with Crippen molar-refractivity contribution in [1.29, 1.82) is 0 Å². The van der Waals surface area contributed by atoms with Gasteiger partial charge < -0.3 is 10.8 Å². The van der Waals surface area contributed by atoms with Crippen molar-refractivity contribution in [2.24, 2.45) is 5.73 Å². The molecule has 8 heteroatoms. The first kappa shape index (κ1) is 19.6. The summed E-state index contributed by atoms with van der Waals surface area (Å²) in [5.41, 5.74) is 6.47. The van der Waals surface area contributed by atoms with Crippen LogP contribution in [-0.4, -0.2) is 20.6 Å². The Hall–Kier alpha value is -3.13. The van der Waals surface area contributed by atoms with Gasteiger partial charge in [0.25, 0.3) is 5.56 Å². The minimum absolute atomic E-state index is 0.00969. The van der Waals surface area contributed by atoms with Crippen LogP contribution in [0.25, 0.3) is 16.6 Å². The molecule has 0 bridgehead atoms. The van der Waals surface area contributed by atoms with Crippen LogP contribution >= 0.6 is 0 Å². The van der Waals surface area contributed by atoms with Crippen molar-refractivity contribution < 1.29 is 18.7 Å². The summed E-state index contributed by atoms with van der Waals surface area (Å²) in [4.78, 5) is 28.5. The number of carboxylic acid groups (broad SMARTS) is 1. The third-order valence-electron chi connectivity index (χ3n) is 4.36. The van der Waals surface area contributed by atoms with Crippen molar-refractivity contribution in [3.8, 4) is 5.69 Å². The summed E-state index contributed by atoms with van der Waals surface area (Å²) in [7, 11) is 0. The molecular formula is C20H19F2N3O3. The van der Waals surface area contributed by atoms with Gasteiger partial charge in [0.1, 0.15) is 17.5 Å². The summed E-state index contributed by atoms with van der Waals surface area (Å²) in [5, 5.41) is 9.12. The quantitative estimate of drug-likeness (QED) is 0.677. The fourth-order valence-electron chi connectivity index (χ4n) is 3.18. The first-order valence-corrected chi connectivity index (χ1v) is 8.76. The van der Waals surface area contributed by atoms with E-state index < -0.39 is 29.2 Å². The molecule has 6 nitrogen and oxygen atoms in total. The number of nitrogens with zero attached hydrogens (tertiary/aromatic N) is 2. The monoisotopic (exact) mass is 387 g/mol. The van der Waals surface area contributed by atoms with Crippen molar-refractivity contribution in [2.45, 2.75) is 32.2 Å². The van der Waals surface area contributed by atoms with E-state index in [-0.39, 0.29) is 23.3 Å². The molecule has 28 heavy (non-hydrogen) atoms. The Morgan fingerprint density at radius 1 is 1.25 bits per heavy atom. The molecular weight excluding hydrogens is 368 g/mol. The zero-order valence-corrected chi connectivity index (χ0v) is 15.2. The van der Waals surface area contributed by atoms with E-state index >= 15 is 0 Å². The van der Waals surface area contributed by atoms with E-state index in [1.54, 1.807) is 25.1 Å². The Bertz CT molecular complexity index is 1090. The number of halogens is 2. The van der Waals surface area contributed by atoms with Gasteiger partial charge in [0.15, 0.2) is 0 Å². The number of nitrogens with two attached hydrogens (primary N) is 1. The number of aryl methyl sites for hydroxylation is 1. The van der Waals surface area contributed by atoms with Crippen molar-refractivity contribution >= 4 is 16.9 Å². The molecule has 1 atom stereocenters. The van der Waals surface area contributed by atoms with Crippen LogP contribution in [0.2, 0.25) is 0 Å².